The number of carbonyl (C=O) groups is 2. The molecule has 182 valence electrons. The number of hydrogen-bond donors (Lipinski definition) is 1. The van der Waals surface area contributed by atoms with Crippen molar-refractivity contribution in [1.29, 1.82) is 0 Å². The van der Waals surface area contributed by atoms with Gasteiger partial charge in [0, 0.05) is 24.4 Å². The average molecular weight is 488 g/mol. The van der Waals surface area contributed by atoms with Gasteiger partial charge in [0.2, 0.25) is 5.91 Å². The van der Waals surface area contributed by atoms with E-state index in [0.29, 0.717) is 28.7 Å². The summed E-state index contributed by atoms with van der Waals surface area (Å²) >= 11 is 1.36. The number of nitrogens with zero attached hydrogens (tertiary/aromatic N) is 2. The number of nitrogens with one attached hydrogen (secondary N) is 1. The monoisotopic (exact) mass is 487 g/mol. The second-order valence-electron chi connectivity index (χ2n) is 9.53. The van der Waals surface area contributed by atoms with Crippen molar-refractivity contribution in [1.82, 2.24) is 10.2 Å². The molecule has 3 aliphatic heterocycles. The largest absolute Gasteiger partial charge is 0.456 e. The third kappa shape index (κ3) is 5.36. The first-order valence-corrected chi connectivity index (χ1v) is 12.3. The summed E-state index contributed by atoms with van der Waals surface area (Å²) in [5, 5.41) is 5.36. The Hall–Kier alpha value is -2.65. The second-order valence-corrected chi connectivity index (χ2v) is 10.4. The van der Waals surface area contributed by atoms with Crippen LogP contribution in [0.1, 0.15) is 58.6 Å². The molecule has 1 aromatic carbocycles. The number of rotatable bonds is 6. The SMILES string of the molecule is CC1=C(C(=O)OC(C)(C)C)[C@@H](c2ccccc2F)N2C(CC(=O)NC[C@H]3CCCO3)=CSC2=N1. The van der Waals surface area contributed by atoms with Crippen molar-refractivity contribution in [2.45, 2.75) is 64.7 Å². The molecular weight excluding hydrogens is 457 g/mol. The summed E-state index contributed by atoms with van der Waals surface area (Å²) in [6.45, 7) is 8.26. The van der Waals surface area contributed by atoms with Gasteiger partial charge in [0.1, 0.15) is 11.4 Å². The topological polar surface area (TPSA) is 80.2 Å². The normalized spacial score (nSPS) is 22.3. The van der Waals surface area contributed by atoms with Crippen LogP contribution >= 0.6 is 11.8 Å². The fourth-order valence-corrected chi connectivity index (χ4v) is 5.18. The summed E-state index contributed by atoms with van der Waals surface area (Å²) in [4.78, 5) is 32.4. The molecule has 9 heteroatoms. The van der Waals surface area contributed by atoms with E-state index in [1.54, 1.807) is 50.8 Å². The number of carbonyl (C=O) groups excluding carboxylic acids is 2. The van der Waals surface area contributed by atoms with Gasteiger partial charge >= 0.3 is 5.97 Å². The summed E-state index contributed by atoms with van der Waals surface area (Å²) in [5.41, 5.74) is 0.976. The lowest BCUT2D eigenvalue weighted by Gasteiger charge is -2.37. The maximum atomic E-state index is 15.1. The zero-order valence-corrected chi connectivity index (χ0v) is 20.7. The third-order valence-electron chi connectivity index (χ3n) is 5.71. The highest BCUT2D eigenvalue weighted by atomic mass is 32.2. The molecule has 1 saturated heterocycles. The van der Waals surface area contributed by atoms with E-state index in [2.05, 4.69) is 10.3 Å². The van der Waals surface area contributed by atoms with Crippen molar-refractivity contribution in [2.75, 3.05) is 13.2 Å². The van der Waals surface area contributed by atoms with Gasteiger partial charge in [-0.1, -0.05) is 30.0 Å². The molecule has 1 amide bonds. The van der Waals surface area contributed by atoms with Crippen molar-refractivity contribution in [2.24, 2.45) is 4.99 Å². The van der Waals surface area contributed by atoms with E-state index in [4.69, 9.17) is 9.47 Å². The van der Waals surface area contributed by atoms with Crippen molar-refractivity contribution in [3.05, 3.63) is 58.0 Å². The Morgan fingerprint density at radius 3 is 2.76 bits per heavy atom. The van der Waals surface area contributed by atoms with E-state index in [0.717, 1.165) is 19.4 Å². The van der Waals surface area contributed by atoms with Crippen molar-refractivity contribution in [3.63, 3.8) is 0 Å². The zero-order chi connectivity index (χ0) is 24.5. The maximum Gasteiger partial charge on any atom is 0.338 e. The number of allylic oxidation sites excluding steroid dienone is 1. The number of halogens is 1. The average Bonchev–Trinajstić information content (AvgIpc) is 3.40. The number of fused-ring (bicyclic) bond motifs is 1. The molecule has 0 unspecified atom stereocenters. The Kier molecular flexibility index (Phi) is 7.14. The number of amides is 1. The van der Waals surface area contributed by atoms with Gasteiger partial charge in [-0.2, -0.15) is 0 Å². The van der Waals surface area contributed by atoms with Crippen LogP contribution in [0.2, 0.25) is 0 Å². The number of esters is 1. The minimum atomic E-state index is -0.796. The quantitative estimate of drug-likeness (QED) is 0.598. The number of ether oxygens (including phenoxy) is 2. The van der Waals surface area contributed by atoms with Gasteiger partial charge < -0.3 is 19.7 Å². The van der Waals surface area contributed by atoms with Crippen LogP contribution in [0.15, 0.2) is 51.6 Å². The molecule has 0 bridgehead atoms. The minimum Gasteiger partial charge on any atom is -0.456 e. The van der Waals surface area contributed by atoms with Gasteiger partial charge in [-0.05, 0) is 52.0 Å². The van der Waals surface area contributed by atoms with E-state index in [1.807, 2.05) is 5.41 Å². The fourth-order valence-electron chi connectivity index (χ4n) is 4.21. The zero-order valence-electron chi connectivity index (χ0n) is 19.9. The van der Waals surface area contributed by atoms with E-state index in [9.17, 15) is 9.59 Å². The molecule has 0 aromatic heterocycles. The number of benzene rings is 1. The highest BCUT2D eigenvalue weighted by Gasteiger charge is 2.42. The smallest absolute Gasteiger partial charge is 0.338 e. The lowest BCUT2D eigenvalue weighted by Crippen LogP contribution is -2.40. The molecule has 1 aromatic rings. The molecule has 34 heavy (non-hydrogen) atoms. The fraction of sp³-hybridized carbons (Fsp3) is 0.480. The lowest BCUT2D eigenvalue weighted by molar-refractivity contribution is -0.150. The lowest BCUT2D eigenvalue weighted by atomic mass is 9.93. The summed E-state index contributed by atoms with van der Waals surface area (Å²) in [7, 11) is 0. The second kappa shape index (κ2) is 9.92. The molecule has 3 aliphatic rings. The van der Waals surface area contributed by atoms with Crippen LogP contribution < -0.4 is 5.32 Å². The van der Waals surface area contributed by atoms with Crippen LogP contribution in [0.4, 0.5) is 4.39 Å². The van der Waals surface area contributed by atoms with Gasteiger partial charge in [-0.3, -0.25) is 4.79 Å². The summed E-state index contributed by atoms with van der Waals surface area (Å²) in [5.74, 6) is -1.16. The molecule has 7 nitrogen and oxygen atoms in total. The predicted molar refractivity (Wildman–Crippen MR) is 129 cm³/mol. The molecule has 2 atom stereocenters. The highest BCUT2D eigenvalue weighted by molar-refractivity contribution is 8.16. The van der Waals surface area contributed by atoms with Crippen molar-refractivity contribution >= 4 is 28.8 Å². The summed E-state index contributed by atoms with van der Waals surface area (Å²) < 4.78 is 26.3. The number of thioether (sulfide) groups is 1. The Balaban J connectivity index is 1.63. The van der Waals surface area contributed by atoms with E-state index in [1.165, 1.54) is 17.8 Å². The number of hydrogen-bond acceptors (Lipinski definition) is 7. The number of aliphatic imine (C=N–C) groups is 1. The molecule has 0 radical (unpaired) electrons. The Morgan fingerprint density at radius 1 is 1.32 bits per heavy atom. The number of amidine groups is 1. The van der Waals surface area contributed by atoms with Gasteiger partial charge in [-0.15, -0.1) is 0 Å². The molecule has 1 fully saturated rings. The summed E-state index contributed by atoms with van der Waals surface area (Å²) in [6, 6.07) is 5.56. The first kappa shape index (κ1) is 24.5. The first-order chi connectivity index (χ1) is 16.1. The third-order valence-corrected chi connectivity index (χ3v) is 6.60. The van der Waals surface area contributed by atoms with E-state index < -0.39 is 23.4 Å². The van der Waals surface area contributed by atoms with Gasteiger partial charge in [0.05, 0.1) is 29.8 Å². The molecule has 0 saturated carbocycles. The Labute approximate surface area is 203 Å². The molecular formula is C25H30FN3O4S. The predicted octanol–water partition coefficient (Wildman–Crippen LogP) is 4.43. The van der Waals surface area contributed by atoms with Crippen LogP contribution in [0.3, 0.4) is 0 Å². The molecule has 4 rings (SSSR count). The van der Waals surface area contributed by atoms with Crippen LogP contribution in [-0.4, -0.2) is 46.8 Å². The molecule has 0 aliphatic carbocycles. The van der Waals surface area contributed by atoms with Gasteiger partial charge in [0.15, 0.2) is 5.17 Å². The van der Waals surface area contributed by atoms with E-state index in [-0.39, 0.29) is 24.0 Å². The van der Waals surface area contributed by atoms with Crippen molar-refractivity contribution < 1.29 is 23.5 Å². The summed E-state index contributed by atoms with van der Waals surface area (Å²) in [6.07, 6.45) is 2.04. The van der Waals surface area contributed by atoms with Crippen LogP contribution in [-0.2, 0) is 19.1 Å². The van der Waals surface area contributed by atoms with Crippen LogP contribution in [0.5, 0.6) is 0 Å². The highest BCUT2D eigenvalue weighted by Crippen LogP contribution is 2.45. The standard InChI is InChI=1S/C25H30FN3O4S/c1-15-21(23(31)33-25(2,3)4)22(18-9-5-6-10-19(18)26)29-16(14-34-24(29)28-15)12-20(30)27-13-17-8-7-11-32-17/h5-6,9-10,14,17,22H,7-8,11-13H2,1-4H3,(H,27,30)/t17-,22-/m1/s1. The Morgan fingerprint density at radius 2 is 2.09 bits per heavy atom. The first-order valence-electron chi connectivity index (χ1n) is 11.4. The van der Waals surface area contributed by atoms with Gasteiger partial charge in [-0.25, -0.2) is 14.2 Å². The molecule has 0 spiro atoms. The van der Waals surface area contributed by atoms with Gasteiger partial charge in [0.25, 0.3) is 0 Å². The van der Waals surface area contributed by atoms with E-state index >= 15 is 4.39 Å². The van der Waals surface area contributed by atoms with Crippen LogP contribution in [0, 0.1) is 5.82 Å². The molecule has 3 heterocycles. The molecule has 1 N–H and O–H groups in total. The Bertz CT molecular complexity index is 1070. The van der Waals surface area contributed by atoms with Crippen LogP contribution in [0.25, 0.3) is 0 Å². The maximum absolute atomic E-state index is 15.1. The van der Waals surface area contributed by atoms with Crippen molar-refractivity contribution in [3.8, 4) is 0 Å². The minimum absolute atomic E-state index is 0.0403.